The Morgan fingerprint density at radius 1 is 1.32 bits per heavy atom. The highest BCUT2D eigenvalue weighted by Gasteiger charge is 2.37. The Hall–Kier alpha value is -2.21. The molecule has 0 radical (unpaired) electrons. The van der Waals surface area contributed by atoms with E-state index >= 15 is 0 Å². The number of anilines is 1. The van der Waals surface area contributed by atoms with Gasteiger partial charge in [-0.3, -0.25) is 0 Å². The van der Waals surface area contributed by atoms with Gasteiger partial charge >= 0.3 is 0 Å². The molecule has 0 saturated heterocycles. The predicted octanol–water partition coefficient (Wildman–Crippen LogP) is 2.99. The van der Waals surface area contributed by atoms with Gasteiger partial charge in [0.15, 0.2) is 5.82 Å². The smallest absolute Gasteiger partial charge is 0.152 e. The Kier molecular flexibility index (Phi) is 2.69. The Morgan fingerprint density at radius 3 is 2.86 bits per heavy atom. The molecule has 1 aliphatic rings. The van der Waals surface area contributed by atoms with E-state index in [-0.39, 0.29) is 0 Å². The first-order valence-corrected chi connectivity index (χ1v) is 7.28. The highest BCUT2D eigenvalue weighted by molar-refractivity contribution is 6.06. The van der Waals surface area contributed by atoms with Crippen molar-refractivity contribution in [1.29, 1.82) is 0 Å². The summed E-state index contributed by atoms with van der Waals surface area (Å²) in [4.78, 5) is 8.95. The van der Waals surface area contributed by atoms with Crippen molar-refractivity contribution in [2.45, 2.75) is 32.2 Å². The third-order valence-electron chi connectivity index (χ3n) is 4.24. The zero-order valence-electron chi connectivity index (χ0n) is 12.5. The molecule has 1 aliphatic heterocycles. The number of ether oxygens (including phenoxy) is 1. The number of fused-ring (bicyclic) bond motifs is 5. The fourth-order valence-corrected chi connectivity index (χ4v) is 3.15. The third kappa shape index (κ3) is 1.80. The predicted molar refractivity (Wildman–Crippen MR) is 83.3 cm³/mol. The number of nitrogens with zero attached hydrogens (tertiary/aromatic N) is 3. The van der Waals surface area contributed by atoms with Gasteiger partial charge in [-0.15, -0.1) is 0 Å². The van der Waals surface area contributed by atoms with Crippen LogP contribution in [0.5, 0.6) is 0 Å². The largest absolute Gasteiger partial charge is 0.382 e. The number of rotatable bonds is 1. The van der Waals surface area contributed by atoms with Crippen molar-refractivity contribution in [2.75, 3.05) is 12.3 Å². The standard InChI is InChI=1S/C16H17FN4O/c1-16(2,17)11-7-22-8-12-20-13-14(21(11)12)9-5-3-4-6-10(9)19-15(13)18/h3-6,11H,7-8H2,1-2H3,(H2,18,19)/t11-/m0/s1. The third-order valence-corrected chi connectivity index (χ3v) is 4.24. The molecule has 3 heterocycles. The second-order valence-corrected chi connectivity index (χ2v) is 6.20. The van der Waals surface area contributed by atoms with Gasteiger partial charge in [0.25, 0.3) is 0 Å². The molecule has 2 N–H and O–H groups in total. The first-order chi connectivity index (χ1) is 10.5. The summed E-state index contributed by atoms with van der Waals surface area (Å²) in [6.07, 6.45) is 0. The van der Waals surface area contributed by atoms with E-state index in [1.165, 1.54) is 0 Å². The number of aromatic nitrogens is 3. The maximum atomic E-state index is 14.7. The van der Waals surface area contributed by atoms with Crippen molar-refractivity contribution >= 4 is 27.8 Å². The van der Waals surface area contributed by atoms with E-state index in [1.54, 1.807) is 13.8 Å². The highest BCUT2D eigenvalue weighted by Crippen LogP contribution is 2.38. The molecule has 1 aromatic carbocycles. The molecule has 0 spiro atoms. The van der Waals surface area contributed by atoms with Gasteiger partial charge in [-0.2, -0.15) is 0 Å². The summed E-state index contributed by atoms with van der Waals surface area (Å²) in [5.74, 6) is 1.06. The molecule has 5 nitrogen and oxygen atoms in total. The summed E-state index contributed by atoms with van der Waals surface area (Å²) in [7, 11) is 0. The van der Waals surface area contributed by atoms with Gasteiger partial charge in [0.2, 0.25) is 0 Å². The SMILES string of the molecule is CC(C)(F)[C@@H]1COCc2nc3c(N)nc4ccccc4c3n21. The summed E-state index contributed by atoms with van der Waals surface area (Å²) >= 11 is 0. The molecule has 0 bridgehead atoms. The minimum Gasteiger partial charge on any atom is -0.382 e. The molecule has 0 fully saturated rings. The molecule has 0 unspecified atom stereocenters. The van der Waals surface area contributed by atoms with E-state index < -0.39 is 11.7 Å². The molecule has 1 atom stereocenters. The lowest BCUT2D eigenvalue weighted by molar-refractivity contribution is -0.00211. The number of alkyl halides is 1. The van der Waals surface area contributed by atoms with Gasteiger partial charge in [0.1, 0.15) is 23.6 Å². The van der Waals surface area contributed by atoms with Crippen molar-refractivity contribution < 1.29 is 9.13 Å². The minimum absolute atomic E-state index is 0.318. The molecule has 114 valence electrons. The average molecular weight is 300 g/mol. The average Bonchev–Trinajstić information content (AvgIpc) is 2.86. The van der Waals surface area contributed by atoms with Crippen LogP contribution in [0.4, 0.5) is 10.2 Å². The van der Waals surface area contributed by atoms with Crippen LogP contribution in [0.25, 0.3) is 21.9 Å². The van der Waals surface area contributed by atoms with E-state index in [1.807, 2.05) is 28.8 Å². The number of para-hydroxylation sites is 1. The van der Waals surface area contributed by atoms with E-state index in [2.05, 4.69) is 9.97 Å². The quantitative estimate of drug-likeness (QED) is 0.750. The molecule has 0 aliphatic carbocycles. The number of pyridine rings is 1. The zero-order valence-corrected chi connectivity index (χ0v) is 12.5. The van der Waals surface area contributed by atoms with Crippen LogP contribution in [0.2, 0.25) is 0 Å². The van der Waals surface area contributed by atoms with Crippen LogP contribution >= 0.6 is 0 Å². The molecular weight excluding hydrogens is 283 g/mol. The summed E-state index contributed by atoms with van der Waals surface area (Å²) in [6.45, 7) is 3.80. The Labute approximate surface area is 126 Å². The second-order valence-electron chi connectivity index (χ2n) is 6.20. The van der Waals surface area contributed by atoms with Crippen LogP contribution in [-0.2, 0) is 11.3 Å². The first kappa shape index (κ1) is 13.5. The van der Waals surface area contributed by atoms with Gasteiger partial charge in [-0.05, 0) is 19.9 Å². The van der Waals surface area contributed by atoms with Crippen LogP contribution in [0.3, 0.4) is 0 Å². The number of nitrogen functional groups attached to an aromatic ring is 1. The number of halogens is 1. The Bertz CT molecular complexity index is 881. The molecule has 3 aromatic rings. The normalized spacial score (nSPS) is 18.8. The Balaban J connectivity index is 2.16. The lowest BCUT2D eigenvalue weighted by atomic mass is 10.00. The van der Waals surface area contributed by atoms with Crippen LogP contribution in [-0.4, -0.2) is 26.8 Å². The highest BCUT2D eigenvalue weighted by atomic mass is 19.1. The molecule has 6 heteroatoms. The fourth-order valence-electron chi connectivity index (χ4n) is 3.15. The molecule has 0 amide bonds. The lowest BCUT2D eigenvalue weighted by Gasteiger charge is -2.33. The van der Waals surface area contributed by atoms with Crippen molar-refractivity contribution in [3.8, 4) is 0 Å². The van der Waals surface area contributed by atoms with Crippen LogP contribution in [0, 0.1) is 0 Å². The van der Waals surface area contributed by atoms with E-state index in [0.29, 0.717) is 30.4 Å². The molecule has 22 heavy (non-hydrogen) atoms. The monoisotopic (exact) mass is 300 g/mol. The van der Waals surface area contributed by atoms with Crippen LogP contribution < -0.4 is 5.73 Å². The van der Waals surface area contributed by atoms with Gasteiger partial charge < -0.3 is 15.0 Å². The zero-order chi connectivity index (χ0) is 15.5. The minimum atomic E-state index is -1.43. The first-order valence-electron chi connectivity index (χ1n) is 7.28. The molecule has 2 aromatic heterocycles. The van der Waals surface area contributed by atoms with Crippen molar-refractivity contribution in [3.63, 3.8) is 0 Å². The van der Waals surface area contributed by atoms with E-state index in [0.717, 1.165) is 16.4 Å². The lowest BCUT2D eigenvalue weighted by Crippen LogP contribution is -2.36. The second kappa shape index (κ2) is 4.39. The maximum Gasteiger partial charge on any atom is 0.152 e. The number of nitrogens with two attached hydrogens (primary N) is 1. The number of benzene rings is 1. The van der Waals surface area contributed by atoms with E-state index in [9.17, 15) is 4.39 Å². The number of hydrogen-bond donors (Lipinski definition) is 1. The number of imidazole rings is 1. The summed E-state index contributed by atoms with van der Waals surface area (Å²) < 4.78 is 22.2. The van der Waals surface area contributed by atoms with Crippen molar-refractivity contribution in [2.24, 2.45) is 0 Å². The van der Waals surface area contributed by atoms with Gasteiger partial charge in [-0.1, -0.05) is 18.2 Å². The molecule has 0 saturated carbocycles. The van der Waals surface area contributed by atoms with Gasteiger partial charge in [0, 0.05) is 5.39 Å². The topological polar surface area (TPSA) is 66.0 Å². The van der Waals surface area contributed by atoms with Gasteiger partial charge in [0.05, 0.1) is 23.7 Å². The van der Waals surface area contributed by atoms with E-state index in [4.69, 9.17) is 10.5 Å². The number of hydrogen-bond acceptors (Lipinski definition) is 4. The maximum absolute atomic E-state index is 14.7. The van der Waals surface area contributed by atoms with Crippen molar-refractivity contribution in [3.05, 3.63) is 30.1 Å². The molecular formula is C16H17FN4O. The fraction of sp³-hybridized carbons (Fsp3) is 0.375. The Morgan fingerprint density at radius 2 is 2.09 bits per heavy atom. The van der Waals surface area contributed by atoms with Crippen LogP contribution in [0.15, 0.2) is 24.3 Å². The summed E-state index contributed by atoms with van der Waals surface area (Å²) in [6, 6.07) is 7.28. The summed E-state index contributed by atoms with van der Waals surface area (Å²) in [5, 5.41) is 0.932. The van der Waals surface area contributed by atoms with Crippen LogP contribution in [0.1, 0.15) is 25.7 Å². The van der Waals surface area contributed by atoms with Gasteiger partial charge in [-0.25, -0.2) is 14.4 Å². The van der Waals surface area contributed by atoms with Crippen molar-refractivity contribution in [1.82, 2.24) is 14.5 Å². The molecule has 4 rings (SSSR count). The summed E-state index contributed by atoms with van der Waals surface area (Å²) in [5.41, 5.74) is 6.89.